The Hall–Kier alpha value is -2.69. The van der Waals surface area contributed by atoms with E-state index in [0.717, 1.165) is 28.4 Å². The van der Waals surface area contributed by atoms with Gasteiger partial charge in [0.1, 0.15) is 17.3 Å². The second-order valence-corrected chi connectivity index (χ2v) is 4.85. The molecule has 0 amide bonds. The zero-order valence-electron chi connectivity index (χ0n) is 14.0. The Morgan fingerprint density at radius 2 is 1.78 bits per heavy atom. The average Bonchev–Trinajstić information content (AvgIpc) is 2.95. The third-order valence-corrected chi connectivity index (χ3v) is 3.42. The highest BCUT2D eigenvalue weighted by atomic mass is 16.5. The van der Waals surface area contributed by atoms with Crippen LogP contribution in [0.25, 0.3) is 11.3 Å². The Labute approximate surface area is 136 Å². The van der Waals surface area contributed by atoms with Crippen LogP contribution in [0.1, 0.15) is 30.7 Å². The largest absolute Gasteiger partial charge is 0.365 e. The van der Waals surface area contributed by atoms with Crippen molar-refractivity contribution in [3.8, 4) is 11.3 Å². The molecule has 0 spiro atoms. The molecule has 0 bridgehead atoms. The standard InChI is InChI=1S/C16H16N4O.C2H6/c1-11-12(2)21-20-16(11)14-5-3-13(4-6-14)9-19-15-10-17-7-8-18-15;1-2/h3-8,10H,9H2,1-2H3,(H,18,19);1-2H3. The first-order valence-electron chi connectivity index (χ1n) is 7.76. The van der Waals surface area contributed by atoms with E-state index in [4.69, 9.17) is 4.52 Å². The molecule has 0 unspecified atom stereocenters. The molecule has 2 aromatic heterocycles. The summed E-state index contributed by atoms with van der Waals surface area (Å²) in [5, 5.41) is 7.33. The molecule has 1 N–H and O–H groups in total. The molecule has 0 radical (unpaired) electrons. The summed E-state index contributed by atoms with van der Waals surface area (Å²) in [7, 11) is 0. The van der Waals surface area contributed by atoms with Gasteiger partial charge < -0.3 is 9.84 Å². The van der Waals surface area contributed by atoms with Crippen LogP contribution in [0, 0.1) is 13.8 Å². The van der Waals surface area contributed by atoms with E-state index in [1.54, 1.807) is 18.6 Å². The summed E-state index contributed by atoms with van der Waals surface area (Å²) >= 11 is 0. The first-order chi connectivity index (χ1) is 11.2. The molecule has 0 atom stereocenters. The predicted octanol–water partition coefficient (Wildman–Crippen LogP) is 4.39. The van der Waals surface area contributed by atoms with Crippen LogP contribution in [0.4, 0.5) is 5.82 Å². The van der Waals surface area contributed by atoms with E-state index in [0.29, 0.717) is 6.54 Å². The molecule has 5 heteroatoms. The predicted molar refractivity (Wildman–Crippen MR) is 92.1 cm³/mol. The van der Waals surface area contributed by atoms with Gasteiger partial charge in [-0.2, -0.15) is 0 Å². The fourth-order valence-electron chi connectivity index (χ4n) is 2.05. The summed E-state index contributed by atoms with van der Waals surface area (Å²) in [5.74, 6) is 1.63. The van der Waals surface area contributed by atoms with E-state index in [2.05, 4.69) is 44.7 Å². The van der Waals surface area contributed by atoms with Gasteiger partial charge in [-0.05, 0) is 19.4 Å². The van der Waals surface area contributed by atoms with E-state index in [9.17, 15) is 0 Å². The SMILES string of the molecule is CC.Cc1onc(-c2ccc(CNc3cnccn3)cc2)c1C. The number of aromatic nitrogens is 3. The first-order valence-corrected chi connectivity index (χ1v) is 7.76. The number of nitrogens with one attached hydrogen (secondary N) is 1. The summed E-state index contributed by atoms with van der Waals surface area (Å²) in [6, 6.07) is 8.25. The molecule has 2 heterocycles. The maximum atomic E-state index is 5.21. The molecule has 0 fully saturated rings. The number of benzene rings is 1. The third kappa shape index (κ3) is 4.16. The van der Waals surface area contributed by atoms with Gasteiger partial charge in [0, 0.05) is 30.1 Å². The molecule has 0 saturated carbocycles. The van der Waals surface area contributed by atoms with Gasteiger partial charge in [0.2, 0.25) is 0 Å². The van der Waals surface area contributed by atoms with Crippen LogP contribution in [0.15, 0.2) is 47.4 Å². The highest BCUT2D eigenvalue weighted by Crippen LogP contribution is 2.24. The van der Waals surface area contributed by atoms with Crippen LogP contribution in [0.3, 0.4) is 0 Å². The Bertz CT molecular complexity index is 721. The van der Waals surface area contributed by atoms with Crippen molar-refractivity contribution < 1.29 is 4.52 Å². The zero-order chi connectivity index (χ0) is 16.7. The lowest BCUT2D eigenvalue weighted by Gasteiger charge is -2.05. The van der Waals surface area contributed by atoms with E-state index < -0.39 is 0 Å². The summed E-state index contributed by atoms with van der Waals surface area (Å²) < 4.78 is 5.21. The topological polar surface area (TPSA) is 63.8 Å². The van der Waals surface area contributed by atoms with Crippen molar-refractivity contribution in [3.05, 3.63) is 59.7 Å². The van der Waals surface area contributed by atoms with Gasteiger partial charge in [0.15, 0.2) is 0 Å². The molecule has 120 valence electrons. The maximum Gasteiger partial charge on any atom is 0.144 e. The minimum atomic E-state index is 0.704. The van der Waals surface area contributed by atoms with Gasteiger partial charge in [0.25, 0.3) is 0 Å². The van der Waals surface area contributed by atoms with Crippen molar-refractivity contribution in [2.24, 2.45) is 0 Å². The van der Waals surface area contributed by atoms with Gasteiger partial charge >= 0.3 is 0 Å². The number of aryl methyl sites for hydroxylation is 1. The van der Waals surface area contributed by atoms with Crippen molar-refractivity contribution in [1.29, 1.82) is 0 Å². The Balaban J connectivity index is 0.000000924. The number of nitrogens with zero attached hydrogens (tertiary/aromatic N) is 3. The minimum Gasteiger partial charge on any atom is -0.365 e. The number of rotatable bonds is 4. The molecule has 0 aliphatic carbocycles. The smallest absolute Gasteiger partial charge is 0.144 e. The van der Waals surface area contributed by atoms with Crippen molar-refractivity contribution in [2.45, 2.75) is 34.2 Å². The second-order valence-electron chi connectivity index (χ2n) is 4.85. The number of hydrogen-bond donors (Lipinski definition) is 1. The first kappa shape index (κ1) is 16.7. The molecule has 3 rings (SSSR count). The highest BCUT2D eigenvalue weighted by molar-refractivity contribution is 5.63. The zero-order valence-corrected chi connectivity index (χ0v) is 14.0. The average molecular weight is 310 g/mol. The van der Waals surface area contributed by atoms with E-state index >= 15 is 0 Å². The van der Waals surface area contributed by atoms with Gasteiger partial charge in [-0.15, -0.1) is 0 Å². The number of hydrogen-bond acceptors (Lipinski definition) is 5. The third-order valence-electron chi connectivity index (χ3n) is 3.42. The lowest BCUT2D eigenvalue weighted by Crippen LogP contribution is -2.01. The lowest BCUT2D eigenvalue weighted by atomic mass is 10.1. The second kappa shape index (κ2) is 8.08. The molecular formula is C18H22N4O. The molecule has 23 heavy (non-hydrogen) atoms. The molecule has 1 aromatic carbocycles. The Morgan fingerprint density at radius 3 is 2.35 bits per heavy atom. The molecule has 0 aliphatic rings. The fourth-order valence-corrected chi connectivity index (χ4v) is 2.05. The molecule has 0 aliphatic heterocycles. The molecule has 0 saturated heterocycles. The van der Waals surface area contributed by atoms with Crippen molar-refractivity contribution >= 4 is 5.82 Å². The maximum absolute atomic E-state index is 5.21. The van der Waals surface area contributed by atoms with Crippen LogP contribution in [-0.2, 0) is 6.54 Å². The van der Waals surface area contributed by atoms with E-state index in [-0.39, 0.29) is 0 Å². The van der Waals surface area contributed by atoms with E-state index in [1.165, 1.54) is 5.56 Å². The fraction of sp³-hybridized carbons (Fsp3) is 0.278. The highest BCUT2D eigenvalue weighted by Gasteiger charge is 2.09. The normalized spacial score (nSPS) is 9.91. The summed E-state index contributed by atoms with van der Waals surface area (Å²) in [5.41, 5.74) is 4.22. The van der Waals surface area contributed by atoms with Crippen molar-refractivity contribution in [1.82, 2.24) is 15.1 Å². The molecule has 5 nitrogen and oxygen atoms in total. The lowest BCUT2D eigenvalue weighted by molar-refractivity contribution is 0.398. The monoisotopic (exact) mass is 310 g/mol. The van der Waals surface area contributed by atoms with Crippen LogP contribution in [0.5, 0.6) is 0 Å². The molecular weight excluding hydrogens is 288 g/mol. The Kier molecular flexibility index (Phi) is 5.86. The van der Waals surface area contributed by atoms with Gasteiger partial charge in [-0.3, -0.25) is 4.98 Å². The minimum absolute atomic E-state index is 0.704. The van der Waals surface area contributed by atoms with Crippen molar-refractivity contribution in [3.63, 3.8) is 0 Å². The quantitative estimate of drug-likeness (QED) is 0.774. The summed E-state index contributed by atoms with van der Waals surface area (Å²) in [6.45, 7) is 8.64. The van der Waals surface area contributed by atoms with Gasteiger partial charge in [-0.1, -0.05) is 43.3 Å². The Morgan fingerprint density at radius 1 is 1.04 bits per heavy atom. The van der Waals surface area contributed by atoms with Gasteiger partial charge in [0.05, 0.1) is 6.20 Å². The van der Waals surface area contributed by atoms with Crippen LogP contribution in [-0.4, -0.2) is 15.1 Å². The van der Waals surface area contributed by atoms with Crippen molar-refractivity contribution in [2.75, 3.05) is 5.32 Å². The summed E-state index contributed by atoms with van der Waals surface area (Å²) in [4.78, 5) is 8.20. The van der Waals surface area contributed by atoms with Crippen LogP contribution < -0.4 is 5.32 Å². The number of anilines is 1. The molecule has 3 aromatic rings. The van der Waals surface area contributed by atoms with Crippen LogP contribution in [0.2, 0.25) is 0 Å². The van der Waals surface area contributed by atoms with Gasteiger partial charge in [-0.25, -0.2) is 4.98 Å². The summed E-state index contributed by atoms with van der Waals surface area (Å²) in [6.07, 6.45) is 5.03. The van der Waals surface area contributed by atoms with Crippen LogP contribution >= 0.6 is 0 Å². The van der Waals surface area contributed by atoms with E-state index in [1.807, 2.05) is 27.7 Å².